The lowest BCUT2D eigenvalue weighted by Gasteiger charge is -2.08. The van der Waals surface area contributed by atoms with Crippen molar-refractivity contribution in [1.29, 1.82) is 0 Å². The number of fused-ring (bicyclic) bond motifs is 2. The maximum absolute atomic E-state index is 4.82. The fourth-order valence-corrected chi connectivity index (χ4v) is 3.14. The average Bonchev–Trinajstić information content (AvgIpc) is 3.24. The molecule has 3 heterocycles. The van der Waals surface area contributed by atoms with Crippen LogP contribution in [-0.4, -0.2) is 19.4 Å². The van der Waals surface area contributed by atoms with E-state index in [4.69, 9.17) is 4.98 Å². The van der Waals surface area contributed by atoms with Crippen molar-refractivity contribution in [3.63, 3.8) is 0 Å². The molecule has 5 aromatic rings. The largest absolute Gasteiger partial charge is 0.360 e. The average molecular weight is 325 g/mol. The molecule has 0 fully saturated rings. The van der Waals surface area contributed by atoms with Gasteiger partial charge in [-0.2, -0.15) is 0 Å². The van der Waals surface area contributed by atoms with Crippen molar-refractivity contribution in [2.45, 2.75) is 0 Å². The highest BCUT2D eigenvalue weighted by Crippen LogP contribution is 2.35. The molecule has 0 amide bonds. The Balaban J connectivity index is 1.76. The summed E-state index contributed by atoms with van der Waals surface area (Å²) in [5, 5.41) is 4.66. The second-order valence-electron chi connectivity index (χ2n) is 5.85. The number of para-hydroxylation sites is 2. The summed E-state index contributed by atoms with van der Waals surface area (Å²) in [5.41, 5.74) is 4.88. The van der Waals surface area contributed by atoms with Gasteiger partial charge in [-0.15, -0.1) is 0 Å². The van der Waals surface area contributed by atoms with E-state index < -0.39 is 0 Å². The van der Waals surface area contributed by atoms with Crippen molar-refractivity contribution < 1.29 is 0 Å². The van der Waals surface area contributed by atoms with Crippen LogP contribution >= 0.6 is 0 Å². The van der Waals surface area contributed by atoms with E-state index in [1.165, 1.54) is 0 Å². The molecule has 2 aromatic carbocycles. The first-order chi connectivity index (χ1) is 12.4. The summed E-state index contributed by atoms with van der Waals surface area (Å²) < 4.78 is 2.02. The molecule has 5 rings (SSSR count). The van der Waals surface area contributed by atoms with Crippen molar-refractivity contribution in [3.05, 3.63) is 79.4 Å². The van der Waals surface area contributed by atoms with Gasteiger partial charge in [0.1, 0.15) is 11.5 Å². The van der Waals surface area contributed by atoms with Crippen LogP contribution in [0.1, 0.15) is 0 Å². The fourth-order valence-electron chi connectivity index (χ4n) is 3.14. The number of aromatic nitrogens is 4. The number of H-pyrrole nitrogens is 1. The summed E-state index contributed by atoms with van der Waals surface area (Å²) in [6, 6.07) is 18.4. The van der Waals surface area contributed by atoms with E-state index in [0.717, 1.165) is 39.3 Å². The second kappa shape index (κ2) is 5.49. The number of hydrogen-bond acceptors (Lipinski definition) is 3. The Hall–Kier alpha value is -3.60. The van der Waals surface area contributed by atoms with Crippen LogP contribution in [0.2, 0.25) is 0 Å². The highest BCUT2D eigenvalue weighted by Gasteiger charge is 2.17. The van der Waals surface area contributed by atoms with Gasteiger partial charge in [0.2, 0.25) is 0 Å². The SMILES string of the molecule is c1ccc(Nc2c(-c3c[nH]c4ccccc34)nc3cnccn23)cc1. The fraction of sp³-hybridized carbons (Fsp3) is 0. The van der Waals surface area contributed by atoms with E-state index in [1.807, 2.05) is 59.3 Å². The molecule has 0 radical (unpaired) electrons. The summed E-state index contributed by atoms with van der Waals surface area (Å²) in [7, 11) is 0. The standard InChI is InChI=1S/C20H15N5/c1-2-6-14(7-3-1)23-20-19(24-18-13-21-10-11-25(18)20)16-12-22-17-9-5-4-8-15(16)17/h1-13,22-23H. The first kappa shape index (κ1) is 13.8. The lowest BCUT2D eigenvalue weighted by atomic mass is 10.1. The Kier molecular flexibility index (Phi) is 3.03. The Labute approximate surface area is 144 Å². The Morgan fingerprint density at radius 1 is 0.960 bits per heavy atom. The summed E-state index contributed by atoms with van der Waals surface area (Å²) in [5.74, 6) is 0.924. The van der Waals surface area contributed by atoms with E-state index >= 15 is 0 Å². The van der Waals surface area contributed by atoms with Crippen LogP contribution < -0.4 is 5.32 Å². The van der Waals surface area contributed by atoms with Gasteiger partial charge in [0.25, 0.3) is 0 Å². The third kappa shape index (κ3) is 2.25. The van der Waals surface area contributed by atoms with Crippen molar-refractivity contribution in [2.24, 2.45) is 0 Å². The molecule has 120 valence electrons. The minimum atomic E-state index is 0.807. The Bertz CT molecular complexity index is 1170. The lowest BCUT2D eigenvalue weighted by molar-refractivity contribution is 1.13. The van der Waals surface area contributed by atoms with Gasteiger partial charge in [0, 0.05) is 40.7 Å². The van der Waals surface area contributed by atoms with Crippen LogP contribution in [0, 0.1) is 0 Å². The first-order valence-electron chi connectivity index (χ1n) is 8.11. The summed E-state index contributed by atoms with van der Waals surface area (Å²) >= 11 is 0. The van der Waals surface area contributed by atoms with E-state index in [9.17, 15) is 0 Å². The molecule has 5 heteroatoms. The van der Waals surface area contributed by atoms with E-state index in [-0.39, 0.29) is 0 Å². The van der Waals surface area contributed by atoms with Gasteiger partial charge in [0.15, 0.2) is 5.65 Å². The van der Waals surface area contributed by atoms with Crippen LogP contribution in [-0.2, 0) is 0 Å². The number of nitrogens with zero attached hydrogens (tertiary/aromatic N) is 3. The predicted molar refractivity (Wildman–Crippen MR) is 100 cm³/mol. The molecular weight excluding hydrogens is 310 g/mol. The van der Waals surface area contributed by atoms with Crippen LogP contribution in [0.3, 0.4) is 0 Å². The Morgan fingerprint density at radius 3 is 2.72 bits per heavy atom. The number of imidazole rings is 1. The molecule has 0 saturated heterocycles. The van der Waals surface area contributed by atoms with E-state index in [2.05, 4.69) is 27.4 Å². The van der Waals surface area contributed by atoms with Gasteiger partial charge in [-0.05, 0) is 18.2 Å². The van der Waals surface area contributed by atoms with Crippen LogP contribution in [0.15, 0.2) is 79.4 Å². The molecule has 0 saturated carbocycles. The lowest BCUT2D eigenvalue weighted by Crippen LogP contribution is -1.96. The minimum Gasteiger partial charge on any atom is -0.360 e. The summed E-state index contributed by atoms with van der Waals surface area (Å²) in [6.07, 6.45) is 7.47. The van der Waals surface area contributed by atoms with Gasteiger partial charge in [-0.25, -0.2) is 4.98 Å². The number of rotatable bonds is 3. The zero-order chi connectivity index (χ0) is 16.6. The second-order valence-corrected chi connectivity index (χ2v) is 5.85. The predicted octanol–water partition coefficient (Wildman–Crippen LogP) is 4.62. The molecule has 0 aliphatic carbocycles. The molecular formula is C20H15N5. The molecule has 0 bridgehead atoms. The molecule has 0 aliphatic rings. The molecule has 25 heavy (non-hydrogen) atoms. The molecule has 0 spiro atoms. The van der Waals surface area contributed by atoms with Crippen molar-refractivity contribution >= 4 is 28.1 Å². The van der Waals surface area contributed by atoms with Crippen LogP contribution in [0.4, 0.5) is 11.5 Å². The van der Waals surface area contributed by atoms with Crippen LogP contribution in [0.25, 0.3) is 27.8 Å². The van der Waals surface area contributed by atoms with Crippen molar-refractivity contribution in [1.82, 2.24) is 19.4 Å². The van der Waals surface area contributed by atoms with Gasteiger partial charge < -0.3 is 10.3 Å². The first-order valence-corrected chi connectivity index (χ1v) is 8.11. The minimum absolute atomic E-state index is 0.807. The maximum atomic E-state index is 4.82. The molecule has 3 aromatic heterocycles. The third-order valence-electron chi connectivity index (χ3n) is 4.31. The van der Waals surface area contributed by atoms with Gasteiger partial charge in [-0.1, -0.05) is 36.4 Å². The number of benzene rings is 2. The zero-order valence-electron chi connectivity index (χ0n) is 13.3. The van der Waals surface area contributed by atoms with E-state index in [0.29, 0.717) is 0 Å². The highest BCUT2D eigenvalue weighted by molar-refractivity contribution is 5.98. The number of aromatic amines is 1. The third-order valence-corrected chi connectivity index (χ3v) is 4.31. The van der Waals surface area contributed by atoms with Crippen LogP contribution in [0.5, 0.6) is 0 Å². The molecule has 0 atom stereocenters. The van der Waals surface area contributed by atoms with Crippen molar-refractivity contribution in [2.75, 3.05) is 5.32 Å². The normalized spacial score (nSPS) is 11.2. The molecule has 0 unspecified atom stereocenters. The summed E-state index contributed by atoms with van der Waals surface area (Å²) in [4.78, 5) is 12.3. The molecule has 0 aliphatic heterocycles. The summed E-state index contributed by atoms with van der Waals surface area (Å²) in [6.45, 7) is 0. The highest BCUT2D eigenvalue weighted by atomic mass is 15.1. The van der Waals surface area contributed by atoms with E-state index in [1.54, 1.807) is 12.4 Å². The van der Waals surface area contributed by atoms with Crippen molar-refractivity contribution in [3.8, 4) is 11.3 Å². The van der Waals surface area contributed by atoms with Gasteiger partial charge in [-0.3, -0.25) is 9.38 Å². The number of hydrogen-bond donors (Lipinski definition) is 2. The van der Waals surface area contributed by atoms with Gasteiger partial charge >= 0.3 is 0 Å². The Morgan fingerprint density at radius 2 is 1.80 bits per heavy atom. The number of nitrogens with one attached hydrogen (secondary N) is 2. The molecule has 5 nitrogen and oxygen atoms in total. The maximum Gasteiger partial charge on any atom is 0.157 e. The monoisotopic (exact) mass is 325 g/mol. The molecule has 2 N–H and O–H groups in total. The zero-order valence-corrected chi connectivity index (χ0v) is 13.3. The smallest absolute Gasteiger partial charge is 0.157 e. The number of anilines is 2. The van der Waals surface area contributed by atoms with Gasteiger partial charge in [0.05, 0.1) is 6.20 Å². The quantitative estimate of drug-likeness (QED) is 0.509. The topological polar surface area (TPSA) is 58.0 Å².